The number of nitrogens with one attached hydrogen (secondary N) is 3. The van der Waals surface area contributed by atoms with Gasteiger partial charge in [-0.3, -0.25) is 18.0 Å². The number of halogens is 15. The second-order valence-corrected chi connectivity index (χ2v) is 35.0. The summed E-state index contributed by atoms with van der Waals surface area (Å²) < 4.78 is 324. The SMILES string of the molecule is CC(CNCCNC(=O)CCCCC1SCC2CC(=O)NC21)C[Si](C)(C)OC(C)C(O)C1OS(=O)(=O)c2cc3n4c2C(c2c(F)c(F)c(F)c(F)c2F)=C2C=CC5=[N+]2C42n4c(cc(c4-3)S(=O)(=O)OC1C(C)O)C(c1c(F)c(F)c(F)c(F)c1F)=c1ccc(n12)=C5c1c(F)c(F)c(F)c(F)c1F. The Hall–Kier alpha value is -7.49. The summed E-state index contributed by atoms with van der Waals surface area (Å²) in [6.07, 6.45) is -7.33. The third kappa shape index (κ3) is 10.4. The van der Waals surface area contributed by atoms with E-state index < -0.39 is 240 Å². The molecule has 37 heteroatoms. The van der Waals surface area contributed by atoms with Gasteiger partial charge in [0.15, 0.2) is 78.1 Å². The second-order valence-electron chi connectivity index (χ2n) is 26.5. The fourth-order valence-electron chi connectivity index (χ4n) is 15.5. The molecule has 6 aromatic rings. The molecule has 5 N–H and O–H groups in total. The Labute approximate surface area is 567 Å². The number of nitrogens with zero attached hydrogens (tertiary/aromatic N) is 4. The van der Waals surface area contributed by atoms with Gasteiger partial charge in [-0.2, -0.15) is 28.6 Å². The summed E-state index contributed by atoms with van der Waals surface area (Å²) >= 11 is 1.83. The molecule has 8 aliphatic heterocycles. The summed E-state index contributed by atoms with van der Waals surface area (Å²) in [5.74, 6) is -42.4. The van der Waals surface area contributed by atoms with Crippen LogP contribution in [0, 0.1) is 99.1 Å². The number of unbranched alkanes of at least 4 members (excludes halogenated alkanes) is 1. The number of hydrogen-bond acceptors (Lipinski definition) is 13. The van der Waals surface area contributed by atoms with Crippen molar-refractivity contribution in [2.75, 3.05) is 25.4 Å². The Morgan fingerprint density at radius 2 is 1.19 bits per heavy atom. The van der Waals surface area contributed by atoms with Crippen LogP contribution in [0.1, 0.15) is 81.0 Å². The summed E-state index contributed by atoms with van der Waals surface area (Å²) in [7, 11) is -15.3. The molecule has 18 nitrogen and oxygen atoms in total. The molecule has 2 saturated heterocycles. The highest BCUT2D eigenvalue weighted by molar-refractivity contribution is 8.00. The maximum Gasteiger partial charge on any atom is 0.430 e. The molecule has 2 fully saturated rings. The van der Waals surface area contributed by atoms with Crippen molar-refractivity contribution in [1.82, 2.24) is 29.7 Å². The Kier molecular flexibility index (Phi) is 17.2. The van der Waals surface area contributed by atoms with Gasteiger partial charge in [-0.25, -0.2) is 79.6 Å². The Balaban J connectivity index is 0.882. The number of thioether (sulfide) groups is 1. The van der Waals surface area contributed by atoms with Gasteiger partial charge >= 0.3 is 5.91 Å². The number of aliphatic hydroxyl groups excluding tert-OH is 2. The third-order valence-electron chi connectivity index (χ3n) is 19.5. The fraction of sp³-hybridized carbons (Fsp3) is 0.391. The topological polar surface area (TPSA) is 224 Å². The van der Waals surface area contributed by atoms with Crippen LogP contribution in [0.2, 0.25) is 19.1 Å². The minimum absolute atomic E-state index is 0.0622. The first kappa shape index (κ1) is 70.5. The van der Waals surface area contributed by atoms with Crippen LogP contribution < -0.4 is 26.6 Å². The molecule has 10 atom stereocenters. The number of hydrogen-bond donors (Lipinski definition) is 5. The first-order chi connectivity index (χ1) is 47.5. The number of carbonyl (C=O) groups excluding carboxylic acids is 2. The summed E-state index contributed by atoms with van der Waals surface area (Å²) in [5, 5.41) is 31.7. The maximum absolute atomic E-state index is 17.1. The fourth-order valence-corrected chi connectivity index (χ4v) is 22.9. The number of aromatic nitrogens is 3. The molecule has 2 amide bonds. The molecule has 11 heterocycles. The van der Waals surface area contributed by atoms with Gasteiger partial charge in [0.25, 0.3) is 20.2 Å². The van der Waals surface area contributed by atoms with Gasteiger partial charge in [0.2, 0.25) is 40.7 Å². The number of amides is 2. The molecule has 14 rings (SSSR count). The highest BCUT2D eigenvalue weighted by Gasteiger charge is 2.69. The summed E-state index contributed by atoms with van der Waals surface area (Å²) in [6.45, 7) is 8.16. The van der Waals surface area contributed by atoms with Crippen LogP contribution in [0.3, 0.4) is 0 Å². The predicted octanol–water partition coefficient (Wildman–Crippen LogP) is 7.43. The molecule has 1 spiro atoms. The largest absolute Gasteiger partial charge is 0.430 e. The molecule has 0 saturated carbocycles. The minimum atomic E-state index is -6.12. The summed E-state index contributed by atoms with van der Waals surface area (Å²) in [5.41, 5.74) is -16.0. The highest BCUT2D eigenvalue weighted by Crippen LogP contribution is 2.59. The van der Waals surface area contributed by atoms with E-state index in [2.05, 4.69) is 16.0 Å². The van der Waals surface area contributed by atoms with E-state index in [-0.39, 0.29) is 36.4 Å². The van der Waals surface area contributed by atoms with Crippen molar-refractivity contribution < 1.29 is 120 Å². The van der Waals surface area contributed by atoms with Crippen molar-refractivity contribution in [3.8, 4) is 11.4 Å². The summed E-state index contributed by atoms with van der Waals surface area (Å²) in [4.78, 5) is 21.8. The Morgan fingerprint density at radius 3 is 1.76 bits per heavy atom. The zero-order valence-corrected chi connectivity index (χ0v) is 56.4. The lowest BCUT2D eigenvalue weighted by Gasteiger charge is -2.41. The zero-order chi connectivity index (χ0) is 72.8. The third-order valence-corrected chi connectivity index (χ3v) is 26.4. The molecule has 2 bridgehead atoms. The smallest absolute Gasteiger partial charge is 0.412 e. The molecule has 10 unspecified atom stereocenters. The number of allylic oxidation sites excluding steroid dienone is 2. The van der Waals surface area contributed by atoms with Gasteiger partial charge in [0.1, 0.15) is 28.1 Å². The first-order valence-electron chi connectivity index (χ1n) is 31.4. The number of benzene rings is 3. The molecular weight excluding hydrogens is 1450 g/mol. The van der Waals surface area contributed by atoms with Gasteiger partial charge in [-0.05, 0) is 94.2 Å². The standard InChI is InChI=1S/C64H54F15N7O11S3Si/c1-22(19-80-14-15-81-35(88)9-7-6-8-32-58-25(20-98-32)16-36(89)82-58)21-101(4,5)97-24(3)61(90)63-62(23(2)87)95-99(91,92)33-17-30-38(41-45(67)51(73)56(78)52(74)46(41)68)28-11-10-26-37(40-43(65)49(71)55(77)50(72)44(40)66)27-12-13-29-39(42-47(69)53(75)57(79)54(76)48(42)70)60-34(100(93,94)96-63)18-31-59(33)85(30)64(83(26)28,84(27)29)86(31)60/h10-13,17-18,22-25,32,58,61-63,80,87,90H,6-9,14-16,19-21H2,1-5H3,(H-,81,82,88,89)/p+1. The predicted molar refractivity (Wildman–Crippen MR) is 328 cm³/mol. The van der Waals surface area contributed by atoms with E-state index in [1.807, 2.05) is 18.7 Å². The van der Waals surface area contributed by atoms with E-state index in [1.54, 1.807) is 13.1 Å². The van der Waals surface area contributed by atoms with Crippen LogP contribution in [0.5, 0.6) is 0 Å². The van der Waals surface area contributed by atoms with E-state index in [0.29, 0.717) is 92.1 Å². The van der Waals surface area contributed by atoms with E-state index in [9.17, 15) is 24.2 Å². The number of rotatable bonds is 20. The molecule has 538 valence electrons. The van der Waals surface area contributed by atoms with Crippen molar-refractivity contribution in [2.24, 2.45) is 11.8 Å². The lowest BCUT2D eigenvalue weighted by Crippen LogP contribution is -2.67. The number of carbonyl (C=O) groups is 2. The van der Waals surface area contributed by atoms with Crippen LogP contribution in [-0.2, 0) is 48.5 Å². The van der Waals surface area contributed by atoms with Crippen LogP contribution in [-0.4, -0.2) is 138 Å². The highest BCUT2D eigenvalue weighted by atomic mass is 32.2. The lowest BCUT2D eigenvalue weighted by molar-refractivity contribution is -0.610. The quantitative estimate of drug-likeness (QED) is 0.00956. The average molecular weight is 1510 g/mol. The molecule has 3 aromatic carbocycles. The molecule has 8 aliphatic rings. The van der Waals surface area contributed by atoms with Crippen LogP contribution in [0.25, 0.3) is 28.1 Å². The van der Waals surface area contributed by atoms with Gasteiger partial charge < -0.3 is 30.6 Å². The first-order valence-corrected chi connectivity index (χ1v) is 38.4. The van der Waals surface area contributed by atoms with E-state index >= 15 is 78.3 Å². The summed E-state index contributed by atoms with van der Waals surface area (Å²) in [6, 6.07) is 2.87. The van der Waals surface area contributed by atoms with Crippen LogP contribution >= 0.6 is 11.8 Å². The lowest BCUT2D eigenvalue weighted by atomic mass is 9.94. The van der Waals surface area contributed by atoms with Crippen molar-refractivity contribution in [3.05, 3.63) is 168 Å². The second kappa shape index (κ2) is 24.6. The molecule has 0 radical (unpaired) electrons. The Bertz CT molecular complexity index is 5110. The molecular formula is C64H55F15N7O11S3Si+. The van der Waals surface area contributed by atoms with Crippen molar-refractivity contribution in [1.29, 1.82) is 0 Å². The van der Waals surface area contributed by atoms with Gasteiger partial charge in [0, 0.05) is 54.9 Å². The molecule has 3 aromatic heterocycles. The minimum Gasteiger partial charge on any atom is -0.412 e. The Morgan fingerprint density at radius 1 is 0.683 bits per heavy atom. The van der Waals surface area contributed by atoms with Gasteiger partial charge in [-0.15, -0.1) is 4.58 Å². The number of fused-ring (bicyclic) bond motifs is 3. The molecule has 101 heavy (non-hydrogen) atoms. The zero-order valence-electron chi connectivity index (χ0n) is 53.0. The van der Waals surface area contributed by atoms with E-state index in [4.69, 9.17) is 12.8 Å². The van der Waals surface area contributed by atoms with Crippen molar-refractivity contribution in [3.63, 3.8) is 0 Å². The van der Waals surface area contributed by atoms with Crippen molar-refractivity contribution >= 4 is 74.6 Å². The average Bonchev–Trinajstić information content (AvgIpc) is 1.46. The van der Waals surface area contributed by atoms with Crippen LogP contribution in [0.15, 0.2) is 51.9 Å². The van der Waals surface area contributed by atoms with Crippen LogP contribution in [0.4, 0.5) is 65.9 Å². The monoisotopic (exact) mass is 1510 g/mol. The van der Waals surface area contributed by atoms with Crippen molar-refractivity contribution in [2.45, 2.75) is 130 Å². The molecule has 0 aliphatic carbocycles. The normalized spacial score (nSPS) is 23.6. The van der Waals surface area contributed by atoms with E-state index in [1.165, 1.54) is 6.92 Å². The maximum atomic E-state index is 17.1. The van der Waals surface area contributed by atoms with Gasteiger partial charge in [0.05, 0.1) is 73.5 Å². The van der Waals surface area contributed by atoms with Gasteiger partial charge in [-0.1, -0.05) is 13.3 Å². The van der Waals surface area contributed by atoms with E-state index in [0.717, 1.165) is 31.6 Å². The number of aliphatic hydroxyl groups is 2.